The van der Waals surface area contributed by atoms with E-state index in [0.717, 1.165) is 11.4 Å². The highest BCUT2D eigenvalue weighted by Crippen LogP contribution is 2.62. The van der Waals surface area contributed by atoms with Crippen molar-refractivity contribution in [1.82, 2.24) is 4.08 Å². The molecule has 0 saturated heterocycles. The second-order valence-corrected chi connectivity index (χ2v) is 9.63. The molecule has 0 bridgehead atoms. The van der Waals surface area contributed by atoms with E-state index < -0.39 is 12.0 Å². The van der Waals surface area contributed by atoms with E-state index in [1.807, 2.05) is 6.26 Å². The van der Waals surface area contributed by atoms with E-state index in [-0.39, 0.29) is 0 Å². The van der Waals surface area contributed by atoms with E-state index in [0.29, 0.717) is 17.0 Å². The molecule has 0 fully saturated rings. The van der Waals surface area contributed by atoms with Gasteiger partial charge in [0, 0.05) is 14.2 Å². The van der Waals surface area contributed by atoms with Gasteiger partial charge >= 0.3 is 12.0 Å². The maximum Gasteiger partial charge on any atom is 0.409 e. The highest BCUT2D eigenvalue weighted by Gasteiger charge is 2.30. The van der Waals surface area contributed by atoms with Gasteiger partial charge in [0.05, 0.1) is 11.9 Å². The Morgan fingerprint density at radius 1 is 1.41 bits per heavy atom. The molecular weight excluding hydrogens is 303 g/mol. The van der Waals surface area contributed by atoms with Gasteiger partial charge in [0.15, 0.2) is 0 Å². The molecule has 0 spiro atoms. The number of carbonyl (C=O) groups excluding carboxylic acids is 1. The van der Waals surface area contributed by atoms with Crippen LogP contribution in [0.15, 0.2) is 5.16 Å². The molecule has 0 N–H and O–H groups in total. The van der Waals surface area contributed by atoms with Crippen LogP contribution in [-0.4, -0.2) is 41.1 Å². The topological polar surface area (TPSA) is 68.2 Å². The Bertz CT molecular complexity index is 331. The molecule has 1 unspecified atom stereocenters. The molecule has 0 radical (unpaired) electrons. The van der Waals surface area contributed by atoms with Crippen LogP contribution >= 0.6 is 41.8 Å². The largest absolute Gasteiger partial charge is 0.409 e. The molecule has 17 heavy (non-hydrogen) atoms. The van der Waals surface area contributed by atoms with Crippen molar-refractivity contribution in [3.05, 3.63) is 0 Å². The summed E-state index contributed by atoms with van der Waals surface area (Å²) < 4.78 is 18.1. The SMILES string of the molecule is COP(=O)(SC)N(C)SC(=O)ON=C(C)SC. The third kappa shape index (κ3) is 6.17. The van der Waals surface area contributed by atoms with Crippen molar-refractivity contribution in [3.8, 4) is 0 Å². The van der Waals surface area contributed by atoms with E-state index in [2.05, 4.69) is 9.99 Å². The van der Waals surface area contributed by atoms with Crippen LogP contribution in [0.1, 0.15) is 6.92 Å². The molecule has 0 aliphatic carbocycles. The lowest BCUT2D eigenvalue weighted by atomic mass is 10.9. The van der Waals surface area contributed by atoms with Gasteiger partial charge in [-0.2, -0.15) is 4.08 Å². The van der Waals surface area contributed by atoms with Crippen LogP contribution in [0.5, 0.6) is 0 Å². The molecule has 0 aromatic heterocycles. The second kappa shape index (κ2) is 8.44. The van der Waals surface area contributed by atoms with Crippen molar-refractivity contribution in [3.63, 3.8) is 0 Å². The molecule has 0 aliphatic rings. The van der Waals surface area contributed by atoms with Crippen LogP contribution in [-0.2, 0) is 13.9 Å². The number of hydrogen-bond donors (Lipinski definition) is 0. The fraction of sp³-hybridized carbons (Fsp3) is 0.714. The fourth-order valence-electron chi connectivity index (χ4n) is 0.618. The zero-order valence-corrected chi connectivity index (χ0v) is 13.5. The summed E-state index contributed by atoms with van der Waals surface area (Å²) in [6, 6.07) is 0. The molecule has 100 valence electrons. The maximum absolute atomic E-state index is 12.0. The summed E-state index contributed by atoms with van der Waals surface area (Å²) in [6.07, 6.45) is 3.46. The number of nitrogens with zero attached hydrogens (tertiary/aromatic N) is 2. The minimum atomic E-state index is -3.02. The predicted molar refractivity (Wildman–Crippen MR) is 76.6 cm³/mol. The second-order valence-electron chi connectivity index (χ2n) is 2.54. The highest BCUT2D eigenvalue weighted by atomic mass is 32.7. The van der Waals surface area contributed by atoms with Gasteiger partial charge in [0.2, 0.25) is 0 Å². The first-order valence-electron chi connectivity index (χ1n) is 4.32. The average Bonchev–Trinajstić information content (AvgIpc) is 2.34. The Kier molecular flexibility index (Phi) is 8.61. The molecule has 0 aromatic rings. The minimum Gasteiger partial charge on any atom is -0.313 e. The Hall–Kier alpha value is 0.340. The maximum atomic E-state index is 12.0. The van der Waals surface area contributed by atoms with Crippen molar-refractivity contribution in [2.24, 2.45) is 5.16 Å². The summed E-state index contributed by atoms with van der Waals surface area (Å²) >= 11 is 3.06. The lowest BCUT2D eigenvalue weighted by Crippen LogP contribution is -2.09. The Morgan fingerprint density at radius 3 is 2.41 bits per heavy atom. The smallest absolute Gasteiger partial charge is 0.313 e. The van der Waals surface area contributed by atoms with Gasteiger partial charge in [-0.3, -0.25) is 4.57 Å². The molecule has 0 rings (SSSR count). The summed E-state index contributed by atoms with van der Waals surface area (Å²) in [4.78, 5) is 16.0. The average molecular weight is 318 g/mol. The molecule has 6 nitrogen and oxygen atoms in total. The van der Waals surface area contributed by atoms with Gasteiger partial charge in [-0.25, -0.2) is 4.79 Å². The zero-order valence-electron chi connectivity index (χ0n) is 10.2. The Labute approximate surface area is 114 Å². The third-order valence-electron chi connectivity index (χ3n) is 1.56. The molecule has 0 heterocycles. The van der Waals surface area contributed by atoms with Gasteiger partial charge in [-0.05, 0) is 19.4 Å². The molecule has 0 amide bonds. The number of thioether (sulfide) groups is 1. The number of oxime groups is 1. The first kappa shape index (κ1) is 17.3. The van der Waals surface area contributed by atoms with Crippen LogP contribution in [0.2, 0.25) is 0 Å². The molecule has 0 saturated carbocycles. The summed E-state index contributed by atoms with van der Waals surface area (Å²) in [5.74, 6) is 0. The predicted octanol–water partition coefficient (Wildman–Crippen LogP) is 3.52. The summed E-state index contributed by atoms with van der Waals surface area (Å²) in [6.45, 7) is -1.31. The van der Waals surface area contributed by atoms with Gasteiger partial charge in [-0.1, -0.05) is 16.5 Å². The van der Waals surface area contributed by atoms with Gasteiger partial charge in [0.1, 0.15) is 5.04 Å². The van der Waals surface area contributed by atoms with E-state index in [4.69, 9.17) is 4.52 Å². The standard InChI is InChI=1S/C7H15N2O4PS3/c1-6(15-4)8-13-7(10)17-9(2)14(11,12-3)16-5/h1-5H3. The summed E-state index contributed by atoms with van der Waals surface area (Å²) in [5.41, 5.74) is 0. The fourth-order valence-corrected chi connectivity index (χ4v) is 4.46. The highest BCUT2D eigenvalue weighted by molar-refractivity contribution is 8.57. The van der Waals surface area contributed by atoms with Crippen LogP contribution in [0.4, 0.5) is 4.79 Å². The number of rotatable bonds is 5. The number of carbonyl (C=O) groups is 1. The monoisotopic (exact) mass is 318 g/mol. The molecule has 0 aliphatic heterocycles. The van der Waals surface area contributed by atoms with Crippen LogP contribution in [0, 0.1) is 0 Å². The van der Waals surface area contributed by atoms with E-state index in [1.54, 1.807) is 13.2 Å². The quantitative estimate of drug-likeness (QED) is 0.190. The lowest BCUT2D eigenvalue weighted by Gasteiger charge is -2.21. The molecule has 0 aromatic carbocycles. The van der Waals surface area contributed by atoms with Crippen LogP contribution < -0.4 is 0 Å². The van der Waals surface area contributed by atoms with Crippen LogP contribution in [0.3, 0.4) is 0 Å². The van der Waals surface area contributed by atoms with E-state index in [1.165, 1.54) is 30.0 Å². The van der Waals surface area contributed by atoms with Gasteiger partial charge in [0.25, 0.3) is 0 Å². The summed E-state index contributed by atoms with van der Waals surface area (Å²) in [5, 5.41) is 3.54. The van der Waals surface area contributed by atoms with Gasteiger partial charge in [-0.15, -0.1) is 11.8 Å². The Balaban J connectivity index is 4.35. The van der Waals surface area contributed by atoms with E-state index >= 15 is 0 Å². The van der Waals surface area contributed by atoms with Gasteiger partial charge < -0.3 is 9.36 Å². The van der Waals surface area contributed by atoms with Crippen molar-refractivity contribution in [2.45, 2.75) is 6.92 Å². The van der Waals surface area contributed by atoms with Crippen molar-refractivity contribution >= 4 is 52.2 Å². The van der Waals surface area contributed by atoms with Crippen LogP contribution in [0.25, 0.3) is 0 Å². The third-order valence-corrected chi connectivity index (χ3v) is 8.09. The first-order valence-corrected chi connectivity index (χ1v) is 9.73. The lowest BCUT2D eigenvalue weighted by molar-refractivity contribution is 0.180. The first-order chi connectivity index (χ1) is 7.89. The van der Waals surface area contributed by atoms with E-state index in [9.17, 15) is 9.36 Å². The Morgan fingerprint density at radius 2 is 2.00 bits per heavy atom. The molecule has 1 atom stereocenters. The van der Waals surface area contributed by atoms with Crippen molar-refractivity contribution in [2.75, 3.05) is 26.7 Å². The molecule has 10 heteroatoms. The minimum absolute atomic E-state index is 0.626. The van der Waals surface area contributed by atoms with Crippen molar-refractivity contribution in [1.29, 1.82) is 0 Å². The van der Waals surface area contributed by atoms with Crippen molar-refractivity contribution < 1.29 is 18.7 Å². The zero-order chi connectivity index (χ0) is 13.5. The normalized spacial score (nSPS) is 15.8. The summed E-state index contributed by atoms with van der Waals surface area (Å²) in [7, 11) is 2.83. The molecular formula is C7H15N2O4PS3. The number of hydrogen-bond acceptors (Lipinski definition) is 8.